The summed E-state index contributed by atoms with van der Waals surface area (Å²) in [5, 5.41) is 13.6. The molecule has 0 radical (unpaired) electrons. The number of aromatic nitrogens is 3. The van der Waals surface area contributed by atoms with Crippen molar-refractivity contribution in [1.82, 2.24) is 20.1 Å². The molecule has 10 nitrogen and oxygen atoms in total. The first-order valence-corrected chi connectivity index (χ1v) is 20.5. The van der Waals surface area contributed by atoms with Crippen molar-refractivity contribution in [3.05, 3.63) is 147 Å². The number of rotatable bonds is 15. The first kappa shape index (κ1) is 39.7. The molecule has 0 saturated heterocycles. The van der Waals surface area contributed by atoms with Crippen LogP contribution in [0.25, 0.3) is 5.00 Å². The summed E-state index contributed by atoms with van der Waals surface area (Å²) in [5.41, 5.74) is 5.68. The van der Waals surface area contributed by atoms with Gasteiger partial charge in [-0.05, 0) is 105 Å². The number of nitrogens with one attached hydrogen (secondary N) is 1. The van der Waals surface area contributed by atoms with Gasteiger partial charge in [0.25, 0.3) is 0 Å². The van der Waals surface area contributed by atoms with E-state index in [9.17, 15) is 9.59 Å². The van der Waals surface area contributed by atoms with Crippen LogP contribution in [0, 0.1) is 20.8 Å². The number of hydrogen-bond acceptors (Lipinski definition) is 8. The highest BCUT2D eigenvalue weighted by Gasteiger charge is 2.32. The number of fused-ring (bicyclic) bond motifs is 3. The van der Waals surface area contributed by atoms with Gasteiger partial charge in [0.2, 0.25) is 11.8 Å². The summed E-state index contributed by atoms with van der Waals surface area (Å²) in [6.07, 6.45) is 1.64. The van der Waals surface area contributed by atoms with E-state index in [0.717, 1.165) is 63.1 Å². The van der Waals surface area contributed by atoms with Crippen molar-refractivity contribution in [2.75, 3.05) is 23.9 Å². The van der Waals surface area contributed by atoms with Gasteiger partial charge in [0.05, 0.1) is 25.3 Å². The molecule has 1 aliphatic heterocycles. The Kier molecular flexibility index (Phi) is 12.7. The van der Waals surface area contributed by atoms with Gasteiger partial charge in [-0.1, -0.05) is 54.1 Å². The van der Waals surface area contributed by atoms with Gasteiger partial charge in [0, 0.05) is 33.3 Å². The van der Waals surface area contributed by atoms with Crippen molar-refractivity contribution in [3.8, 4) is 22.2 Å². The minimum absolute atomic E-state index is 0.107. The molecule has 1 atom stereocenters. The number of anilines is 1. The third-order valence-corrected chi connectivity index (χ3v) is 11.4. The van der Waals surface area contributed by atoms with Gasteiger partial charge in [-0.2, -0.15) is 0 Å². The molecule has 1 aliphatic rings. The largest absolute Gasteiger partial charge is 0.494 e. The van der Waals surface area contributed by atoms with Crippen LogP contribution in [0.1, 0.15) is 64.1 Å². The zero-order valence-electron chi connectivity index (χ0n) is 31.9. The zero-order valence-corrected chi connectivity index (χ0v) is 34.2. The minimum Gasteiger partial charge on any atom is -0.494 e. The minimum atomic E-state index is -0.520. The standard InChI is InChI=1S/C44H42Cl2N6O4S/c1-28-29(2)57-44-41(28)42(32-11-13-33(46)14-12-32)48-38(43-50-49-30(3)52(43)44)25-39(53)47-23-7-8-24-55-35-19-21-37(22-20-35)56-36-17-15-34(16-18-36)51(40(54)26-45)27-31-9-5-4-6-10-31/h4-6,9-22,38H,7-8,23-27H2,1-3H3,(H,47,53)/t38-/m1/s1. The number of alkyl halides is 1. The number of benzene rings is 4. The monoisotopic (exact) mass is 820 g/mol. The van der Waals surface area contributed by atoms with Gasteiger partial charge < -0.3 is 19.7 Å². The summed E-state index contributed by atoms with van der Waals surface area (Å²) in [7, 11) is 0. The van der Waals surface area contributed by atoms with Crippen molar-refractivity contribution in [2.24, 2.45) is 4.99 Å². The van der Waals surface area contributed by atoms with E-state index in [2.05, 4.69) is 29.4 Å². The fourth-order valence-corrected chi connectivity index (χ4v) is 8.11. The third-order valence-electron chi connectivity index (χ3n) is 9.70. The lowest BCUT2D eigenvalue weighted by atomic mass is 9.99. The second-order valence-corrected chi connectivity index (χ2v) is 15.6. The second-order valence-electron chi connectivity index (χ2n) is 13.7. The van der Waals surface area contributed by atoms with Gasteiger partial charge in [0.15, 0.2) is 5.82 Å². The number of aryl methyl sites for hydroxylation is 2. The number of nitrogens with zero attached hydrogens (tertiary/aromatic N) is 5. The Balaban J connectivity index is 0.890. The summed E-state index contributed by atoms with van der Waals surface area (Å²) in [6.45, 7) is 7.57. The van der Waals surface area contributed by atoms with Crippen molar-refractivity contribution < 1.29 is 19.1 Å². The van der Waals surface area contributed by atoms with Crippen LogP contribution in [0.2, 0.25) is 5.02 Å². The molecule has 0 spiro atoms. The number of hydrogen-bond donors (Lipinski definition) is 1. The van der Waals surface area contributed by atoms with E-state index in [1.807, 2.05) is 115 Å². The van der Waals surface area contributed by atoms with Crippen LogP contribution in [0.3, 0.4) is 0 Å². The topological polar surface area (TPSA) is 111 Å². The lowest BCUT2D eigenvalue weighted by molar-refractivity contribution is -0.121. The van der Waals surface area contributed by atoms with E-state index >= 15 is 0 Å². The maximum atomic E-state index is 13.3. The van der Waals surface area contributed by atoms with Gasteiger partial charge in [-0.25, -0.2) is 0 Å². The Labute approximate surface area is 346 Å². The molecule has 13 heteroatoms. The number of amides is 2. The van der Waals surface area contributed by atoms with E-state index in [-0.39, 0.29) is 24.1 Å². The fourth-order valence-electron chi connectivity index (χ4n) is 6.62. The molecule has 4 aromatic carbocycles. The molecule has 0 saturated carbocycles. The molecule has 57 heavy (non-hydrogen) atoms. The van der Waals surface area contributed by atoms with E-state index in [0.29, 0.717) is 42.0 Å². The van der Waals surface area contributed by atoms with Crippen LogP contribution >= 0.6 is 34.5 Å². The average molecular weight is 822 g/mol. The summed E-state index contributed by atoms with van der Waals surface area (Å²) in [6, 6.07) is 31.7. The number of aliphatic imine (C=N–C) groups is 1. The molecule has 0 unspecified atom stereocenters. The summed E-state index contributed by atoms with van der Waals surface area (Å²) >= 11 is 13.8. The van der Waals surface area contributed by atoms with Gasteiger partial charge in [-0.15, -0.1) is 33.1 Å². The molecule has 1 N–H and O–H groups in total. The third kappa shape index (κ3) is 9.39. The van der Waals surface area contributed by atoms with Crippen LogP contribution in [0.4, 0.5) is 5.69 Å². The van der Waals surface area contributed by atoms with Crippen molar-refractivity contribution in [1.29, 1.82) is 0 Å². The quantitative estimate of drug-likeness (QED) is 0.0816. The predicted molar refractivity (Wildman–Crippen MR) is 227 cm³/mol. The fraction of sp³-hybridized carbons (Fsp3) is 0.250. The lowest BCUT2D eigenvalue weighted by Gasteiger charge is -2.22. The molecule has 0 aliphatic carbocycles. The molecule has 0 bridgehead atoms. The van der Waals surface area contributed by atoms with E-state index in [1.54, 1.807) is 16.2 Å². The number of halogens is 2. The summed E-state index contributed by atoms with van der Waals surface area (Å²) < 4.78 is 14.1. The highest BCUT2D eigenvalue weighted by atomic mass is 35.5. The van der Waals surface area contributed by atoms with Gasteiger partial charge in [-0.3, -0.25) is 19.1 Å². The Hall–Kier alpha value is -5.49. The van der Waals surface area contributed by atoms with Crippen molar-refractivity contribution in [3.63, 3.8) is 0 Å². The highest BCUT2D eigenvalue weighted by Crippen LogP contribution is 2.39. The molecule has 2 aromatic heterocycles. The summed E-state index contributed by atoms with van der Waals surface area (Å²) in [5.74, 6) is 3.03. The Morgan fingerprint density at radius 3 is 2.25 bits per heavy atom. The maximum Gasteiger partial charge on any atom is 0.242 e. The van der Waals surface area contributed by atoms with Crippen molar-refractivity contribution >= 4 is 57.8 Å². The molecule has 3 heterocycles. The van der Waals surface area contributed by atoms with Crippen LogP contribution < -0.4 is 19.7 Å². The molecule has 0 fully saturated rings. The smallest absolute Gasteiger partial charge is 0.242 e. The highest BCUT2D eigenvalue weighted by molar-refractivity contribution is 7.15. The van der Waals surface area contributed by atoms with E-state index in [1.165, 1.54) is 4.88 Å². The van der Waals surface area contributed by atoms with Crippen LogP contribution in [0.15, 0.2) is 108 Å². The molecule has 7 rings (SSSR count). The first-order chi connectivity index (χ1) is 27.7. The molecular formula is C44H42Cl2N6O4S. The Morgan fingerprint density at radius 2 is 1.54 bits per heavy atom. The second kappa shape index (κ2) is 18.2. The number of carbonyl (C=O) groups is 2. The first-order valence-electron chi connectivity index (χ1n) is 18.7. The normalized spacial score (nSPS) is 13.2. The maximum absolute atomic E-state index is 13.3. The van der Waals surface area contributed by atoms with Crippen LogP contribution in [-0.2, 0) is 16.1 Å². The summed E-state index contributed by atoms with van der Waals surface area (Å²) in [4.78, 5) is 34.0. The van der Waals surface area contributed by atoms with Crippen molar-refractivity contribution in [2.45, 2.75) is 52.6 Å². The van der Waals surface area contributed by atoms with Gasteiger partial charge in [0.1, 0.15) is 40.0 Å². The van der Waals surface area contributed by atoms with Crippen LogP contribution in [-0.4, -0.2) is 51.3 Å². The molecular weight excluding hydrogens is 779 g/mol. The average Bonchev–Trinajstić information content (AvgIpc) is 3.71. The number of unbranched alkanes of at least 4 members (excludes halogenated alkanes) is 1. The number of thiophene rings is 1. The van der Waals surface area contributed by atoms with E-state index in [4.69, 9.17) is 37.7 Å². The molecule has 2 amide bonds. The van der Waals surface area contributed by atoms with E-state index < -0.39 is 6.04 Å². The number of carbonyl (C=O) groups excluding carboxylic acids is 2. The van der Waals surface area contributed by atoms with Crippen LogP contribution in [0.5, 0.6) is 17.2 Å². The SMILES string of the molecule is Cc1sc2c(c1C)C(c1ccc(Cl)cc1)=N[C@H](CC(=O)NCCCCOc1ccc(Oc3ccc(N(Cc4ccccc4)C(=O)CCl)cc3)cc1)c1nnc(C)n1-2. The Morgan fingerprint density at radius 1 is 0.860 bits per heavy atom. The zero-order chi connectivity index (χ0) is 39.9. The van der Waals surface area contributed by atoms with Gasteiger partial charge >= 0.3 is 0 Å². The lowest BCUT2D eigenvalue weighted by Crippen LogP contribution is -2.31. The molecule has 6 aromatic rings. The predicted octanol–water partition coefficient (Wildman–Crippen LogP) is 9.73. The number of ether oxygens (including phenoxy) is 2. The Bertz CT molecular complexity index is 2360. The molecule has 292 valence electrons.